The fourth-order valence-corrected chi connectivity index (χ4v) is 4.94. The lowest BCUT2D eigenvalue weighted by Crippen LogP contribution is -2.40. The monoisotopic (exact) mass is 468 g/mol. The van der Waals surface area contributed by atoms with Gasteiger partial charge in [0.1, 0.15) is 11.5 Å². The van der Waals surface area contributed by atoms with Gasteiger partial charge in [0.2, 0.25) is 0 Å². The van der Waals surface area contributed by atoms with Crippen molar-refractivity contribution in [3.05, 3.63) is 62.0 Å². The molecule has 33 heavy (non-hydrogen) atoms. The zero-order valence-electron chi connectivity index (χ0n) is 18.8. The molecule has 9 heteroatoms. The number of nitrogens with zero attached hydrogens (tertiary/aromatic N) is 4. The van der Waals surface area contributed by atoms with E-state index >= 15 is 0 Å². The van der Waals surface area contributed by atoms with Gasteiger partial charge in [0.25, 0.3) is 5.56 Å². The third-order valence-corrected chi connectivity index (χ3v) is 6.71. The molecule has 2 N–H and O–H groups in total. The number of carboxylic acids is 1. The second-order valence-corrected chi connectivity index (χ2v) is 9.59. The molecule has 1 fully saturated rings. The Kier molecular flexibility index (Phi) is 6.90. The van der Waals surface area contributed by atoms with E-state index in [2.05, 4.69) is 19.2 Å². The molecule has 0 radical (unpaired) electrons. The summed E-state index contributed by atoms with van der Waals surface area (Å²) in [4.78, 5) is 35.6. The molecule has 3 aromatic rings. The van der Waals surface area contributed by atoms with E-state index in [1.807, 2.05) is 17.0 Å². The Bertz CT molecular complexity index is 1250. The summed E-state index contributed by atoms with van der Waals surface area (Å²) in [5, 5.41) is 22.4. The average molecular weight is 469 g/mol. The predicted molar refractivity (Wildman–Crippen MR) is 129 cm³/mol. The van der Waals surface area contributed by atoms with E-state index in [9.17, 15) is 14.7 Å². The van der Waals surface area contributed by atoms with E-state index in [4.69, 9.17) is 15.1 Å². The molecule has 0 bridgehead atoms. The number of aliphatic carboxylic acids is 1. The molecule has 8 nitrogen and oxygen atoms in total. The highest BCUT2D eigenvalue weighted by molar-refractivity contribution is 7.09. The van der Waals surface area contributed by atoms with Crippen molar-refractivity contribution in [2.75, 3.05) is 18.0 Å². The van der Waals surface area contributed by atoms with E-state index < -0.39 is 12.1 Å². The maximum absolute atomic E-state index is 13.2. The van der Waals surface area contributed by atoms with E-state index in [0.717, 1.165) is 41.6 Å². The Balaban J connectivity index is 1.68. The van der Waals surface area contributed by atoms with E-state index in [1.165, 1.54) is 10.5 Å². The third kappa shape index (κ3) is 5.31. The number of β-amino-alcohol motifs (C(OH)–C–C–N with tert-alkyl or cyclic N) is 1. The largest absolute Gasteiger partial charge is 0.478 e. The number of anilines is 1. The van der Waals surface area contributed by atoms with Crippen molar-refractivity contribution in [2.45, 2.75) is 51.6 Å². The van der Waals surface area contributed by atoms with Gasteiger partial charge in [0.05, 0.1) is 22.4 Å². The summed E-state index contributed by atoms with van der Waals surface area (Å²) in [6.07, 6.45) is 6.48. The van der Waals surface area contributed by atoms with Gasteiger partial charge in [-0.25, -0.2) is 14.8 Å². The highest BCUT2D eigenvalue weighted by Gasteiger charge is 2.23. The van der Waals surface area contributed by atoms with Crippen LogP contribution in [0.4, 0.5) is 5.82 Å². The van der Waals surface area contributed by atoms with Gasteiger partial charge in [-0.3, -0.25) is 9.20 Å². The molecule has 1 atom stereocenters. The molecule has 0 saturated carbocycles. The first kappa shape index (κ1) is 23.1. The lowest BCUT2D eigenvalue weighted by molar-refractivity contribution is -0.131. The molecule has 0 spiro atoms. The number of aliphatic hydroxyl groups is 1. The van der Waals surface area contributed by atoms with Gasteiger partial charge in [-0.15, -0.1) is 11.3 Å². The Morgan fingerprint density at radius 3 is 2.85 bits per heavy atom. The zero-order chi connectivity index (χ0) is 23.5. The fourth-order valence-electron chi connectivity index (χ4n) is 3.98. The number of carboxylic acid groups (broad SMARTS) is 1. The van der Waals surface area contributed by atoms with E-state index in [0.29, 0.717) is 36.9 Å². The first-order chi connectivity index (χ1) is 15.8. The van der Waals surface area contributed by atoms with Crippen LogP contribution in [0.1, 0.15) is 54.4 Å². The van der Waals surface area contributed by atoms with Gasteiger partial charge < -0.3 is 15.1 Å². The summed E-state index contributed by atoms with van der Waals surface area (Å²) < 4.78 is 1.44. The van der Waals surface area contributed by atoms with Crippen LogP contribution in [0.2, 0.25) is 0 Å². The summed E-state index contributed by atoms with van der Waals surface area (Å²) in [5.41, 5.74) is 2.53. The first-order valence-electron chi connectivity index (χ1n) is 11.2. The number of fused-ring (bicyclic) bond motifs is 1. The smallest absolute Gasteiger partial charge is 0.328 e. The van der Waals surface area contributed by atoms with E-state index in [-0.39, 0.29) is 11.1 Å². The number of rotatable bonds is 7. The molecule has 0 amide bonds. The van der Waals surface area contributed by atoms with Crippen molar-refractivity contribution in [2.24, 2.45) is 0 Å². The minimum Gasteiger partial charge on any atom is -0.478 e. The van der Waals surface area contributed by atoms with Gasteiger partial charge in [-0.1, -0.05) is 13.8 Å². The fraction of sp³-hybridized carbons (Fsp3) is 0.417. The normalized spacial score (nSPS) is 16.8. The Morgan fingerprint density at radius 2 is 2.15 bits per heavy atom. The summed E-state index contributed by atoms with van der Waals surface area (Å²) in [6.45, 7) is 5.27. The van der Waals surface area contributed by atoms with Crippen LogP contribution in [0.15, 0.2) is 34.6 Å². The number of thiazole rings is 1. The van der Waals surface area contributed by atoms with Crippen molar-refractivity contribution in [1.82, 2.24) is 14.4 Å². The van der Waals surface area contributed by atoms with Crippen LogP contribution in [0.3, 0.4) is 0 Å². The number of aromatic nitrogens is 3. The summed E-state index contributed by atoms with van der Waals surface area (Å²) >= 11 is 1.67. The second kappa shape index (κ2) is 9.84. The van der Waals surface area contributed by atoms with Crippen LogP contribution in [-0.4, -0.2) is 49.7 Å². The molecule has 0 aliphatic carbocycles. The van der Waals surface area contributed by atoms with Gasteiger partial charge in [-0.05, 0) is 49.0 Å². The molecule has 4 rings (SSSR count). The number of piperidine rings is 1. The highest BCUT2D eigenvalue weighted by Crippen LogP contribution is 2.23. The Hall–Kier alpha value is -3.04. The number of aryl methyl sites for hydroxylation is 2. The van der Waals surface area contributed by atoms with Gasteiger partial charge >= 0.3 is 5.97 Å². The molecule has 3 aromatic heterocycles. The number of aliphatic hydroxyl groups excluding tert-OH is 1. The molecule has 1 aliphatic heterocycles. The van der Waals surface area contributed by atoms with Crippen LogP contribution in [-0.2, 0) is 17.6 Å². The Morgan fingerprint density at radius 1 is 1.33 bits per heavy atom. The highest BCUT2D eigenvalue weighted by atomic mass is 32.1. The van der Waals surface area contributed by atoms with Crippen molar-refractivity contribution >= 4 is 34.8 Å². The first-order valence-corrected chi connectivity index (χ1v) is 12.0. The molecule has 174 valence electrons. The standard InChI is InChI=1S/C24H28N4O4S/c1-15(2)19-14-33-21(25-19)7-5-16-9-11-28-20(12-16)26-23(27-10-3-4-17(29)13-27)18(24(28)32)6-8-22(30)31/h6,8-9,11-12,14-15,17,29H,3-5,7,10,13H2,1-2H3,(H,30,31)/b8-6+/t17-/m1/s1. The minimum absolute atomic E-state index is 0.209. The van der Waals surface area contributed by atoms with Crippen molar-refractivity contribution < 1.29 is 15.0 Å². The maximum Gasteiger partial charge on any atom is 0.328 e. The van der Waals surface area contributed by atoms with Crippen LogP contribution in [0, 0.1) is 0 Å². The SMILES string of the molecule is CC(C)c1csc(CCc2ccn3c(=O)c(/C=C/C(=O)O)c(N4CCC[C@@H](O)C4)nc3c2)n1. The lowest BCUT2D eigenvalue weighted by atomic mass is 10.1. The maximum atomic E-state index is 13.2. The summed E-state index contributed by atoms with van der Waals surface area (Å²) in [6, 6.07) is 3.79. The van der Waals surface area contributed by atoms with Crippen LogP contribution >= 0.6 is 11.3 Å². The van der Waals surface area contributed by atoms with Gasteiger partial charge in [-0.2, -0.15) is 0 Å². The van der Waals surface area contributed by atoms with Crippen LogP contribution < -0.4 is 10.5 Å². The lowest BCUT2D eigenvalue weighted by Gasteiger charge is -2.32. The van der Waals surface area contributed by atoms with Gasteiger partial charge in [0.15, 0.2) is 0 Å². The van der Waals surface area contributed by atoms with E-state index in [1.54, 1.807) is 17.5 Å². The topological polar surface area (TPSA) is 108 Å². The number of pyridine rings is 1. The van der Waals surface area contributed by atoms with Gasteiger partial charge in [0, 0.05) is 37.2 Å². The predicted octanol–water partition coefficient (Wildman–Crippen LogP) is 3.12. The number of carbonyl (C=O) groups is 1. The minimum atomic E-state index is -1.14. The molecular formula is C24H28N4O4S. The van der Waals surface area contributed by atoms with Crippen molar-refractivity contribution in [3.8, 4) is 0 Å². The molecule has 1 aliphatic rings. The molecular weight excluding hydrogens is 440 g/mol. The van der Waals surface area contributed by atoms with Crippen molar-refractivity contribution in [3.63, 3.8) is 0 Å². The summed E-state index contributed by atoms with van der Waals surface area (Å²) in [7, 11) is 0. The second-order valence-electron chi connectivity index (χ2n) is 8.65. The summed E-state index contributed by atoms with van der Waals surface area (Å²) in [5.74, 6) is -0.319. The van der Waals surface area contributed by atoms with Crippen LogP contribution in [0.5, 0.6) is 0 Å². The molecule has 1 saturated heterocycles. The zero-order valence-corrected chi connectivity index (χ0v) is 19.6. The quantitative estimate of drug-likeness (QED) is 0.513. The molecule has 4 heterocycles. The third-order valence-electron chi connectivity index (χ3n) is 5.79. The Labute approximate surface area is 195 Å². The number of hydrogen-bond donors (Lipinski definition) is 2. The van der Waals surface area contributed by atoms with Crippen LogP contribution in [0.25, 0.3) is 11.7 Å². The average Bonchev–Trinajstić information content (AvgIpc) is 3.26. The molecule has 0 unspecified atom stereocenters. The number of hydrogen-bond acceptors (Lipinski definition) is 7. The van der Waals surface area contributed by atoms with Crippen molar-refractivity contribution in [1.29, 1.82) is 0 Å². The molecule has 0 aromatic carbocycles.